The molecule has 6 heteroatoms. The molecule has 1 rings (SSSR count). The molecule has 0 bridgehead atoms. The maximum absolute atomic E-state index is 11.4. The molecule has 0 heterocycles. The van der Waals surface area contributed by atoms with Crippen molar-refractivity contribution < 1.29 is 23.8 Å². The molecule has 1 atom stereocenters. The molecule has 0 saturated carbocycles. The molecule has 0 amide bonds. The zero-order chi connectivity index (χ0) is 14.3. The third-order valence-corrected chi connectivity index (χ3v) is 2.16. The fourth-order valence-corrected chi connectivity index (χ4v) is 1.25. The number of rotatable bonds is 6. The predicted octanol–water partition coefficient (Wildman–Crippen LogP) is 1.14. The van der Waals surface area contributed by atoms with E-state index >= 15 is 0 Å². The van der Waals surface area contributed by atoms with Crippen LogP contribution in [0.5, 0.6) is 5.75 Å². The SMILES string of the molecule is CCOC(=O)C(C)OC(=O)COc1ccc(N)cc1. The van der Waals surface area contributed by atoms with E-state index in [9.17, 15) is 9.59 Å². The van der Waals surface area contributed by atoms with Crippen molar-refractivity contribution >= 4 is 17.6 Å². The molecule has 0 saturated heterocycles. The van der Waals surface area contributed by atoms with Crippen LogP contribution in [0.15, 0.2) is 24.3 Å². The minimum Gasteiger partial charge on any atom is -0.482 e. The zero-order valence-electron chi connectivity index (χ0n) is 10.9. The molecule has 0 spiro atoms. The van der Waals surface area contributed by atoms with Gasteiger partial charge in [-0.1, -0.05) is 0 Å². The Bertz CT molecular complexity index is 429. The van der Waals surface area contributed by atoms with E-state index in [4.69, 9.17) is 19.9 Å². The van der Waals surface area contributed by atoms with E-state index in [1.54, 1.807) is 31.2 Å². The summed E-state index contributed by atoms with van der Waals surface area (Å²) < 4.78 is 14.7. The van der Waals surface area contributed by atoms with Crippen LogP contribution in [0.2, 0.25) is 0 Å². The lowest BCUT2D eigenvalue weighted by molar-refractivity contribution is -0.167. The van der Waals surface area contributed by atoms with Gasteiger partial charge in [0.1, 0.15) is 5.75 Å². The molecule has 19 heavy (non-hydrogen) atoms. The van der Waals surface area contributed by atoms with Gasteiger partial charge < -0.3 is 19.9 Å². The molecule has 1 aromatic carbocycles. The summed E-state index contributed by atoms with van der Waals surface area (Å²) in [5, 5.41) is 0. The van der Waals surface area contributed by atoms with Crippen molar-refractivity contribution in [2.24, 2.45) is 0 Å². The number of ether oxygens (including phenoxy) is 3. The average molecular weight is 267 g/mol. The first-order valence-electron chi connectivity index (χ1n) is 5.87. The van der Waals surface area contributed by atoms with Gasteiger partial charge in [0.25, 0.3) is 0 Å². The number of esters is 2. The number of hydrogen-bond donors (Lipinski definition) is 1. The number of nitrogen functional groups attached to an aromatic ring is 1. The minimum absolute atomic E-state index is 0.239. The van der Waals surface area contributed by atoms with Gasteiger partial charge in [-0.2, -0.15) is 0 Å². The zero-order valence-corrected chi connectivity index (χ0v) is 10.9. The molecule has 6 nitrogen and oxygen atoms in total. The summed E-state index contributed by atoms with van der Waals surface area (Å²) in [7, 11) is 0. The summed E-state index contributed by atoms with van der Waals surface area (Å²) in [6.45, 7) is 3.08. The molecular weight excluding hydrogens is 250 g/mol. The summed E-state index contributed by atoms with van der Waals surface area (Å²) in [6, 6.07) is 6.58. The number of benzene rings is 1. The molecule has 1 unspecified atom stereocenters. The predicted molar refractivity (Wildman–Crippen MR) is 68.5 cm³/mol. The third kappa shape index (κ3) is 5.29. The van der Waals surface area contributed by atoms with Gasteiger partial charge in [-0.25, -0.2) is 9.59 Å². The van der Waals surface area contributed by atoms with E-state index in [2.05, 4.69) is 0 Å². The van der Waals surface area contributed by atoms with Gasteiger partial charge in [-0.15, -0.1) is 0 Å². The smallest absolute Gasteiger partial charge is 0.347 e. The fourth-order valence-electron chi connectivity index (χ4n) is 1.25. The maximum Gasteiger partial charge on any atom is 0.347 e. The Labute approximate surface area is 111 Å². The van der Waals surface area contributed by atoms with E-state index in [1.807, 2.05) is 0 Å². The van der Waals surface area contributed by atoms with Crippen LogP contribution >= 0.6 is 0 Å². The first-order valence-corrected chi connectivity index (χ1v) is 5.87. The van der Waals surface area contributed by atoms with Crippen LogP contribution in [0.4, 0.5) is 5.69 Å². The van der Waals surface area contributed by atoms with Crippen LogP contribution in [0.3, 0.4) is 0 Å². The molecule has 0 radical (unpaired) electrons. The molecule has 0 fully saturated rings. The van der Waals surface area contributed by atoms with Crippen LogP contribution in [-0.2, 0) is 19.1 Å². The number of anilines is 1. The topological polar surface area (TPSA) is 87.8 Å². The molecule has 0 aliphatic rings. The average Bonchev–Trinajstić information content (AvgIpc) is 2.38. The highest BCUT2D eigenvalue weighted by Crippen LogP contribution is 2.13. The van der Waals surface area contributed by atoms with Gasteiger partial charge in [0.15, 0.2) is 12.7 Å². The normalized spacial score (nSPS) is 11.5. The van der Waals surface area contributed by atoms with Crippen molar-refractivity contribution in [3.05, 3.63) is 24.3 Å². The van der Waals surface area contributed by atoms with Gasteiger partial charge in [-0.05, 0) is 38.1 Å². The summed E-state index contributed by atoms with van der Waals surface area (Å²) in [4.78, 5) is 22.7. The first kappa shape index (κ1) is 14.8. The Balaban J connectivity index is 2.35. The van der Waals surface area contributed by atoms with Gasteiger partial charge in [0.05, 0.1) is 6.61 Å². The maximum atomic E-state index is 11.4. The molecule has 104 valence electrons. The Morgan fingerprint density at radius 3 is 2.47 bits per heavy atom. The lowest BCUT2D eigenvalue weighted by Crippen LogP contribution is -2.28. The second kappa shape index (κ2) is 7.25. The summed E-state index contributed by atoms with van der Waals surface area (Å²) in [5.74, 6) is -0.726. The molecule has 0 aliphatic carbocycles. The lowest BCUT2D eigenvalue weighted by Gasteiger charge is -2.12. The minimum atomic E-state index is -0.942. The second-order valence-corrected chi connectivity index (χ2v) is 3.74. The lowest BCUT2D eigenvalue weighted by atomic mass is 10.3. The number of hydrogen-bond acceptors (Lipinski definition) is 6. The highest BCUT2D eigenvalue weighted by Gasteiger charge is 2.18. The van der Waals surface area contributed by atoms with Crippen LogP contribution in [0.25, 0.3) is 0 Å². The van der Waals surface area contributed by atoms with Gasteiger partial charge >= 0.3 is 11.9 Å². The first-order chi connectivity index (χ1) is 9.02. The molecular formula is C13H17NO5. The molecule has 0 aromatic heterocycles. The highest BCUT2D eigenvalue weighted by atomic mass is 16.6. The monoisotopic (exact) mass is 267 g/mol. The fraction of sp³-hybridized carbons (Fsp3) is 0.385. The van der Waals surface area contributed by atoms with Crippen molar-refractivity contribution in [3.63, 3.8) is 0 Å². The van der Waals surface area contributed by atoms with Crippen molar-refractivity contribution in [1.29, 1.82) is 0 Å². The summed E-state index contributed by atoms with van der Waals surface area (Å²) >= 11 is 0. The molecule has 2 N–H and O–H groups in total. The number of carbonyl (C=O) groups is 2. The van der Waals surface area contributed by atoms with Crippen LogP contribution < -0.4 is 10.5 Å². The highest BCUT2D eigenvalue weighted by molar-refractivity contribution is 5.79. The molecule has 1 aromatic rings. The Morgan fingerprint density at radius 1 is 1.26 bits per heavy atom. The van der Waals surface area contributed by atoms with E-state index in [1.165, 1.54) is 6.92 Å². The van der Waals surface area contributed by atoms with Crippen molar-refractivity contribution in [2.45, 2.75) is 20.0 Å². The molecule has 0 aliphatic heterocycles. The van der Waals surface area contributed by atoms with E-state index in [0.29, 0.717) is 11.4 Å². The third-order valence-electron chi connectivity index (χ3n) is 2.16. The van der Waals surface area contributed by atoms with Crippen molar-refractivity contribution in [1.82, 2.24) is 0 Å². The van der Waals surface area contributed by atoms with Gasteiger partial charge in [-0.3, -0.25) is 0 Å². The van der Waals surface area contributed by atoms with Crippen molar-refractivity contribution in [3.8, 4) is 5.75 Å². The van der Waals surface area contributed by atoms with E-state index in [-0.39, 0.29) is 13.2 Å². The summed E-state index contributed by atoms with van der Waals surface area (Å²) in [5.41, 5.74) is 6.11. The van der Waals surface area contributed by atoms with Gasteiger partial charge in [0, 0.05) is 5.69 Å². The van der Waals surface area contributed by atoms with Crippen LogP contribution in [0, 0.1) is 0 Å². The number of nitrogens with two attached hydrogens (primary N) is 1. The number of carbonyl (C=O) groups excluding carboxylic acids is 2. The van der Waals surface area contributed by atoms with Gasteiger partial charge in [0.2, 0.25) is 0 Å². The van der Waals surface area contributed by atoms with Crippen LogP contribution in [0.1, 0.15) is 13.8 Å². The largest absolute Gasteiger partial charge is 0.482 e. The standard InChI is InChI=1S/C13H17NO5/c1-3-17-13(16)9(2)19-12(15)8-18-11-6-4-10(14)5-7-11/h4-7,9H,3,8,14H2,1-2H3. The summed E-state index contributed by atoms with van der Waals surface area (Å²) in [6.07, 6.45) is -0.942. The van der Waals surface area contributed by atoms with Crippen LogP contribution in [-0.4, -0.2) is 31.3 Å². The van der Waals surface area contributed by atoms with Crippen molar-refractivity contribution in [2.75, 3.05) is 18.9 Å². The Morgan fingerprint density at radius 2 is 1.89 bits per heavy atom. The quantitative estimate of drug-likeness (QED) is 0.614. The Kier molecular flexibility index (Phi) is 5.66. The second-order valence-electron chi connectivity index (χ2n) is 3.74. The van der Waals surface area contributed by atoms with E-state index in [0.717, 1.165) is 0 Å². The Hall–Kier alpha value is -2.24. The van der Waals surface area contributed by atoms with E-state index < -0.39 is 18.0 Å².